The number of rotatable bonds is 6. The van der Waals surface area contributed by atoms with Crippen LogP contribution < -0.4 is 5.32 Å². The SMILES string of the molecule is Cc1cccc(CCCc2ccccc2NC(C)C)c1. The van der Waals surface area contributed by atoms with Gasteiger partial charge in [-0.1, -0.05) is 48.0 Å². The Morgan fingerprint density at radius 3 is 2.50 bits per heavy atom. The summed E-state index contributed by atoms with van der Waals surface area (Å²) in [5, 5.41) is 3.53. The highest BCUT2D eigenvalue weighted by atomic mass is 14.9. The van der Waals surface area contributed by atoms with E-state index in [0.717, 1.165) is 12.8 Å². The number of para-hydroxylation sites is 1. The molecule has 0 aliphatic rings. The van der Waals surface area contributed by atoms with E-state index in [2.05, 4.69) is 74.6 Å². The standard InChI is InChI=1S/C19H25N/c1-15(2)20-19-13-5-4-11-18(19)12-7-10-17-9-6-8-16(3)14-17/h4-6,8-9,11,13-15,20H,7,10,12H2,1-3H3. The number of hydrogen-bond donors (Lipinski definition) is 1. The molecule has 0 bridgehead atoms. The van der Waals surface area contributed by atoms with Crippen LogP contribution in [0.15, 0.2) is 48.5 Å². The molecule has 0 aliphatic heterocycles. The van der Waals surface area contributed by atoms with E-state index >= 15 is 0 Å². The van der Waals surface area contributed by atoms with E-state index < -0.39 is 0 Å². The van der Waals surface area contributed by atoms with Crippen molar-refractivity contribution in [1.82, 2.24) is 0 Å². The lowest BCUT2D eigenvalue weighted by Gasteiger charge is -2.14. The predicted molar refractivity (Wildman–Crippen MR) is 88.4 cm³/mol. The number of hydrogen-bond acceptors (Lipinski definition) is 1. The van der Waals surface area contributed by atoms with Crippen LogP contribution in [0.25, 0.3) is 0 Å². The summed E-state index contributed by atoms with van der Waals surface area (Å²) in [4.78, 5) is 0. The molecule has 0 spiro atoms. The Kier molecular flexibility index (Phi) is 5.23. The van der Waals surface area contributed by atoms with E-state index in [0.29, 0.717) is 6.04 Å². The van der Waals surface area contributed by atoms with Crippen LogP contribution >= 0.6 is 0 Å². The molecule has 0 unspecified atom stereocenters. The molecule has 0 amide bonds. The van der Waals surface area contributed by atoms with Gasteiger partial charge in [0.2, 0.25) is 0 Å². The van der Waals surface area contributed by atoms with Gasteiger partial charge >= 0.3 is 0 Å². The van der Waals surface area contributed by atoms with Gasteiger partial charge < -0.3 is 5.32 Å². The second-order valence-electron chi connectivity index (χ2n) is 5.80. The lowest BCUT2D eigenvalue weighted by molar-refractivity contribution is 0.815. The van der Waals surface area contributed by atoms with Crippen molar-refractivity contribution in [2.24, 2.45) is 0 Å². The Morgan fingerprint density at radius 2 is 1.75 bits per heavy atom. The first kappa shape index (κ1) is 14.6. The average molecular weight is 267 g/mol. The van der Waals surface area contributed by atoms with Crippen LogP contribution in [-0.2, 0) is 12.8 Å². The van der Waals surface area contributed by atoms with Gasteiger partial charge in [0.25, 0.3) is 0 Å². The van der Waals surface area contributed by atoms with Gasteiger partial charge in [0, 0.05) is 11.7 Å². The topological polar surface area (TPSA) is 12.0 Å². The smallest absolute Gasteiger partial charge is 0.0374 e. The maximum atomic E-state index is 3.53. The molecule has 0 radical (unpaired) electrons. The Hall–Kier alpha value is -1.76. The molecule has 1 nitrogen and oxygen atoms in total. The first-order chi connectivity index (χ1) is 9.65. The highest BCUT2D eigenvalue weighted by Gasteiger charge is 2.03. The van der Waals surface area contributed by atoms with E-state index in [1.54, 1.807) is 0 Å². The molecular weight excluding hydrogens is 242 g/mol. The van der Waals surface area contributed by atoms with Crippen LogP contribution in [0.5, 0.6) is 0 Å². The zero-order valence-corrected chi connectivity index (χ0v) is 12.8. The Balaban J connectivity index is 1.94. The fourth-order valence-corrected chi connectivity index (χ4v) is 2.54. The number of benzene rings is 2. The van der Waals surface area contributed by atoms with Crippen molar-refractivity contribution in [3.05, 3.63) is 65.2 Å². The van der Waals surface area contributed by atoms with Crippen molar-refractivity contribution in [3.63, 3.8) is 0 Å². The van der Waals surface area contributed by atoms with Crippen molar-refractivity contribution in [2.45, 2.75) is 46.1 Å². The molecule has 20 heavy (non-hydrogen) atoms. The molecule has 1 N–H and O–H groups in total. The maximum absolute atomic E-state index is 3.53. The highest BCUT2D eigenvalue weighted by Crippen LogP contribution is 2.19. The Bertz CT molecular complexity index is 543. The van der Waals surface area contributed by atoms with Gasteiger partial charge in [-0.3, -0.25) is 0 Å². The minimum atomic E-state index is 0.480. The van der Waals surface area contributed by atoms with Crippen molar-refractivity contribution in [2.75, 3.05) is 5.32 Å². The molecule has 0 aliphatic carbocycles. The number of anilines is 1. The minimum Gasteiger partial charge on any atom is -0.383 e. The van der Waals surface area contributed by atoms with Gasteiger partial charge in [-0.05, 0) is 57.2 Å². The average Bonchev–Trinajstić information content (AvgIpc) is 2.40. The van der Waals surface area contributed by atoms with Crippen LogP contribution in [0.3, 0.4) is 0 Å². The molecule has 0 fully saturated rings. The zero-order valence-electron chi connectivity index (χ0n) is 12.8. The van der Waals surface area contributed by atoms with E-state index in [4.69, 9.17) is 0 Å². The number of nitrogens with one attached hydrogen (secondary N) is 1. The van der Waals surface area contributed by atoms with Gasteiger partial charge in [0.05, 0.1) is 0 Å². The lowest BCUT2D eigenvalue weighted by Crippen LogP contribution is -2.11. The molecule has 0 heterocycles. The quantitative estimate of drug-likeness (QED) is 0.777. The number of aryl methyl sites for hydroxylation is 3. The molecule has 0 saturated carbocycles. The van der Waals surface area contributed by atoms with Gasteiger partial charge in [0.1, 0.15) is 0 Å². The van der Waals surface area contributed by atoms with Crippen molar-refractivity contribution >= 4 is 5.69 Å². The van der Waals surface area contributed by atoms with Gasteiger partial charge in [-0.25, -0.2) is 0 Å². The molecule has 106 valence electrons. The van der Waals surface area contributed by atoms with E-state index in [1.807, 2.05) is 0 Å². The molecular formula is C19H25N. The molecule has 0 saturated heterocycles. The van der Waals surface area contributed by atoms with Crippen LogP contribution in [0.2, 0.25) is 0 Å². The van der Waals surface area contributed by atoms with E-state index in [-0.39, 0.29) is 0 Å². The summed E-state index contributed by atoms with van der Waals surface area (Å²) in [6.45, 7) is 6.53. The van der Waals surface area contributed by atoms with Crippen LogP contribution in [0, 0.1) is 6.92 Å². The third-order valence-corrected chi connectivity index (χ3v) is 3.46. The van der Waals surface area contributed by atoms with Crippen molar-refractivity contribution < 1.29 is 0 Å². The Labute approximate surface area is 123 Å². The summed E-state index contributed by atoms with van der Waals surface area (Å²) >= 11 is 0. The minimum absolute atomic E-state index is 0.480. The van der Waals surface area contributed by atoms with E-state index in [9.17, 15) is 0 Å². The monoisotopic (exact) mass is 267 g/mol. The van der Waals surface area contributed by atoms with Crippen LogP contribution in [0.4, 0.5) is 5.69 Å². The second-order valence-corrected chi connectivity index (χ2v) is 5.80. The third kappa shape index (κ3) is 4.41. The largest absolute Gasteiger partial charge is 0.383 e. The molecule has 2 aromatic rings. The predicted octanol–water partition coefficient (Wildman–Crippen LogP) is 4.99. The van der Waals surface area contributed by atoms with Gasteiger partial charge in [-0.15, -0.1) is 0 Å². The first-order valence-electron chi connectivity index (χ1n) is 7.55. The first-order valence-corrected chi connectivity index (χ1v) is 7.55. The fourth-order valence-electron chi connectivity index (χ4n) is 2.54. The van der Waals surface area contributed by atoms with Crippen LogP contribution in [-0.4, -0.2) is 6.04 Å². The fraction of sp³-hybridized carbons (Fsp3) is 0.368. The van der Waals surface area contributed by atoms with Crippen LogP contribution in [0.1, 0.15) is 37.0 Å². The summed E-state index contributed by atoms with van der Waals surface area (Å²) in [6, 6.07) is 18.0. The van der Waals surface area contributed by atoms with Gasteiger partial charge in [0.15, 0.2) is 0 Å². The Morgan fingerprint density at radius 1 is 0.950 bits per heavy atom. The van der Waals surface area contributed by atoms with E-state index in [1.165, 1.54) is 28.8 Å². The zero-order chi connectivity index (χ0) is 14.4. The summed E-state index contributed by atoms with van der Waals surface area (Å²) in [5.41, 5.74) is 5.50. The summed E-state index contributed by atoms with van der Waals surface area (Å²) in [6.07, 6.45) is 3.47. The molecule has 1 heteroatoms. The second kappa shape index (κ2) is 7.14. The molecule has 2 rings (SSSR count). The summed E-state index contributed by atoms with van der Waals surface area (Å²) in [5.74, 6) is 0. The maximum Gasteiger partial charge on any atom is 0.0374 e. The third-order valence-electron chi connectivity index (χ3n) is 3.46. The van der Waals surface area contributed by atoms with Crippen molar-refractivity contribution in [1.29, 1.82) is 0 Å². The normalized spacial score (nSPS) is 10.8. The van der Waals surface area contributed by atoms with Crippen molar-refractivity contribution in [3.8, 4) is 0 Å². The summed E-state index contributed by atoms with van der Waals surface area (Å²) < 4.78 is 0. The summed E-state index contributed by atoms with van der Waals surface area (Å²) in [7, 11) is 0. The van der Waals surface area contributed by atoms with Gasteiger partial charge in [-0.2, -0.15) is 0 Å². The molecule has 0 atom stereocenters. The molecule has 2 aromatic carbocycles. The lowest BCUT2D eigenvalue weighted by atomic mass is 10.0. The highest BCUT2D eigenvalue weighted by molar-refractivity contribution is 5.51. The molecule has 0 aromatic heterocycles.